The summed E-state index contributed by atoms with van der Waals surface area (Å²) in [6, 6.07) is 2.77. The number of halogens is 2. The van der Waals surface area contributed by atoms with Gasteiger partial charge >= 0.3 is 6.03 Å². The third kappa shape index (κ3) is 2.47. The van der Waals surface area contributed by atoms with Crippen LogP contribution in [-0.4, -0.2) is 57.7 Å². The fraction of sp³-hybridized carbons (Fsp3) is 0.286. The Kier molecular flexibility index (Phi) is 3.81. The first-order valence-corrected chi connectivity index (χ1v) is 7.48. The van der Waals surface area contributed by atoms with Crippen molar-refractivity contribution in [2.75, 3.05) is 14.1 Å². The molecule has 1 aromatic rings. The molecule has 2 aliphatic heterocycles. The summed E-state index contributed by atoms with van der Waals surface area (Å²) in [6.45, 7) is 0.192. The summed E-state index contributed by atoms with van der Waals surface area (Å²) in [5.74, 6) is -0.565. The Labute approximate surface area is 142 Å². The molecule has 1 aromatic carbocycles. The fourth-order valence-corrected chi connectivity index (χ4v) is 3.06. The molecule has 1 fully saturated rings. The molecule has 3 rings (SSSR count). The van der Waals surface area contributed by atoms with Gasteiger partial charge in [0.05, 0.1) is 0 Å². The Bertz CT molecular complexity index is 769. The summed E-state index contributed by atoms with van der Waals surface area (Å²) in [4.78, 5) is 32.5. The molecule has 0 bridgehead atoms. The molecule has 23 heavy (non-hydrogen) atoms. The van der Waals surface area contributed by atoms with Gasteiger partial charge in [-0.15, -0.1) is 0 Å². The number of likely N-dealkylation sites (N-methyl/N-ethyl adjacent to an activating group) is 2. The Morgan fingerprint density at radius 3 is 2.65 bits per heavy atom. The number of hydrogen-bond acceptors (Lipinski definition) is 3. The molecule has 0 radical (unpaired) electrons. The Hall–Kier alpha value is -2.06. The minimum absolute atomic E-state index is 0.189. The first-order valence-electron chi connectivity index (χ1n) is 6.69. The van der Waals surface area contributed by atoms with Gasteiger partial charge in [-0.2, -0.15) is 0 Å². The van der Waals surface area contributed by atoms with Crippen molar-refractivity contribution in [1.29, 1.82) is 0 Å². The van der Waals surface area contributed by atoms with E-state index in [1.807, 2.05) is 0 Å². The molecule has 0 spiro atoms. The predicted molar refractivity (Wildman–Crippen MR) is 86.7 cm³/mol. The molecule has 0 aliphatic carbocycles. The molecule has 120 valence electrons. The molecule has 0 aromatic heterocycles. The van der Waals surface area contributed by atoms with Crippen LogP contribution < -0.4 is 0 Å². The lowest BCUT2D eigenvalue weighted by Gasteiger charge is -2.36. The van der Waals surface area contributed by atoms with Crippen molar-refractivity contribution < 1.29 is 14.0 Å². The highest BCUT2D eigenvalue weighted by Gasteiger charge is 2.48. The molecule has 6 nitrogen and oxygen atoms in total. The largest absolute Gasteiger partial charge is 0.331 e. The second-order valence-electron chi connectivity index (χ2n) is 5.26. The Balaban J connectivity index is 1.94. The SMILES string of the molecule is CN1C(=O)C2C(=NC(=S)N2Cc2ccc(F)cc2Cl)N(C)C1=O. The average Bonchev–Trinajstić information content (AvgIpc) is 2.83. The summed E-state index contributed by atoms with van der Waals surface area (Å²) >= 11 is 11.3. The second-order valence-corrected chi connectivity index (χ2v) is 6.03. The lowest BCUT2D eigenvalue weighted by molar-refractivity contribution is -0.130. The van der Waals surface area contributed by atoms with Crippen LogP contribution in [0.25, 0.3) is 0 Å². The van der Waals surface area contributed by atoms with Crippen molar-refractivity contribution in [1.82, 2.24) is 14.7 Å². The standard InChI is InChI=1S/C14H12ClFN4O2S/c1-18-11-10(12(21)19(2)14(18)22)20(13(23)17-11)6-7-3-4-8(16)5-9(7)15/h3-5,10H,6H2,1-2H3. The van der Waals surface area contributed by atoms with E-state index in [0.717, 1.165) is 4.90 Å². The van der Waals surface area contributed by atoms with E-state index in [0.29, 0.717) is 11.4 Å². The monoisotopic (exact) mass is 354 g/mol. The maximum atomic E-state index is 13.2. The summed E-state index contributed by atoms with van der Waals surface area (Å²) < 4.78 is 13.2. The molecule has 1 atom stereocenters. The van der Waals surface area contributed by atoms with Gasteiger partial charge < -0.3 is 4.90 Å². The lowest BCUT2D eigenvalue weighted by Crippen LogP contribution is -2.62. The summed E-state index contributed by atoms with van der Waals surface area (Å²) in [5, 5.41) is 0.427. The van der Waals surface area contributed by atoms with Gasteiger partial charge in [0.2, 0.25) is 0 Å². The predicted octanol–water partition coefficient (Wildman–Crippen LogP) is 1.87. The number of nitrogens with zero attached hydrogens (tertiary/aromatic N) is 4. The van der Waals surface area contributed by atoms with Crippen LogP contribution in [-0.2, 0) is 11.3 Å². The van der Waals surface area contributed by atoms with Crippen molar-refractivity contribution in [2.24, 2.45) is 4.99 Å². The number of rotatable bonds is 2. The van der Waals surface area contributed by atoms with Crippen molar-refractivity contribution in [3.63, 3.8) is 0 Å². The highest BCUT2D eigenvalue weighted by molar-refractivity contribution is 7.80. The summed E-state index contributed by atoms with van der Waals surface area (Å²) in [6.07, 6.45) is 0. The Morgan fingerprint density at radius 1 is 1.30 bits per heavy atom. The van der Waals surface area contributed by atoms with E-state index >= 15 is 0 Å². The number of amides is 3. The first-order chi connectivity index (χ1) is 10.8. The lowest BCUT2D eigenvalue weighted by atomic mass is 10.1. The number of urea groups is 1. The maximum Gasteiger partial charge on any atom is 0.331 e. The van der Waals surface area contributed by atoms with Gasteiger partial charge in [-0.05, 0) is 29.9 Å². The van der Waals surface area contributed by atoms with Crippen LogP contribution in [0.4, 0.5) is 9.18 Å². The summed E-state index contributed by atoms with van der Waals surface area (Å²) in [5.41, 5.74) is 0.613. The minimum Gasteiger partial charge on any atom is -0.324 e. The quantitative estimate of drug-likeness (QED) is 0.761. The van der Waals surface area contributed by atoms with Gasteiger partial charge in [0.25, 0.3) is 5.91 Å². The van der Waals surface area contributed by atoms with Gasteiger partial charge in [-0.3, -0.25) is 14.6 Å². The third-order valence-electron chi connectivity index (χ3n) is 3.85. The van der Waals surface area contributed by atoms with Crippen LogP contribution >= 0.6 is 23.8 Å². The highest BCUT2D eigenvalue weighted by Crippen LogP contribution is 2.27. The van der Waals surface area contributed by atoms with Crippen LogP contribution in [0.3, 0.4) is 0 Å². The van der Waals surface area contributed by atoms with Crippen molar-refractivity contribution in [2.45, 2.75) is 12.6 Å². The molecule has 0 N–H and O–H groups in total. The third-order valence-corrected chi connectivity index (χ3v) is 4.53. The van der Waals surface area contributed by atoms with Crippen LogP contribution in [0.2, 0.25) is 5.02 Å². The van der Waals surface area contributed by atoms with E-state index in [-0.39, 0.29) is 16.7 Å². The number of hydrogen-bond donors (Lipinski definition) is 0. The fourth-order valence-electron chi connectivity index (χ4n) is 2.57. The molecule has 0 saturated carbocycles. The first kappa shape index (κ1) is 15.8. The second kappa shape index (κ2) is 5.54. The molecule has 9 heteroatoms. The van der Waals surface area contributed by atoms with Gasteiger partial charge in [-0.25, -0.2) is 14.2 Å². The molecular formula is C14H12ClFN4O2S. The zero-order valence-electron chi connectivity index (χ0n) is 12.3. The van der Waals surface area contributed by atoms with Crippen LogP contribution in [0, 0.1) is 5.82 Å². The van der Waals surface area contributed by atoms with Crippen LogP contribution in [0.1, 0.15) is 5.56 Å². The van der Waals surface area contributed by atoms with Crippen molar-refractivity contribution in [3.05, 3.63) is 34.6 Å². The highest BCUT2D eigenvalue weighted by atomic mass is 35.5. The van der Waals surface area contributed by atoms with Gasteiger partial charge in [-0.1, -0.05) is 17.7 Å². The number of benzene rings is 1. The normalized spacial score (nSPS) is 21.0. The van der Waals surface area contributed by atoms with Crippen LogP contribution in [0.15, 0.2) is 23.2 Å². The maximum absolute atomic E-state index is 13.2. The van der Waals surface area contributed by atoms with Crippen molar-refractivity contribution >= 4 is 46.7 Å². The molecular weight excluding hydrogens is 343 g/mol. The number of carbonyl (C=O) groups is 2. The topological polar surface area (TPSA) is 56.2 Å². The van der Waals surface area contributed by atoms with Crippen molar-refractivity contribution in [3.8, 4) is 0 Å². The molecule has 1 saturated heterocycles. The number of aliphatic imine (C=N–C) groups is 1. The number of thiocarbonyl (C=S) groups is 1. The number of imide groups is 1. The van der Waals surface area contributed by atoms with Gasteiger partial charge in [0.15, 0.2) is 11.2 Å². The number of amidine groups is 1. The van der Waals surface area contributed by atoms with E-state index in [1.165, 1.54) is 37.2 Å². The average molecular weight is 355 g/mol. The smallest absolute Gasteiger partial charge is 0.324 e. The van der Waals surface area contributed by atoms with Gasteiger partial charge in [0, 0.05) is 25.7 Å². The van der Waals surface area contributed by atoms with E-state index in [1.54, 1.807) is 4.90 Å². The minimum atomic E-state index is -0.781. The zero-order valence-corrected chi connectivity index (χ0v) is 13.9. The number of carbonyl (C=O) groups excluding carboxylic acids is 2. The van der Waals surface area contributed by atoms with Gasteiger partial charge in [0.1, 0.15) is 11.7 Å². The van der Waals surface area contributed by atoms with Crippen LogP contribution in [0.5, 0.6) is 0 Å². The summed E-state index contributed by atoms with van der Waals surface area (Å²) in [7, 11) is 2.94. The number of fused-ring (bicyclic) bond motifs is 1. The van der Waals surface area contributed by atoms with E-state index < -0.39 is 23.8 Å². The zero-order chi connectivity index (χ0) is 16.9. The molecule has 1 unspecified atom stereocenters. The van der Waals surface area contributed by atoms with E-state index in [4.69, 9.17) is 23.8 Å². The molecule has 2 aliphatic rings. The van der Waals surface area contributed by atoms with E-state index in [9.17, 15) is 14.0 Å². The molecule has 2 heterocycles. The Morgan fingerprint density at radius 2 is 2.00 bits per heavy atom. The molecule has 3 amide bonds. The van der Waals surface area contributed by atoms with E-state index in [2.05, 4.69) is 4.99 Å².